The van der Waals surface area contributed by atoms with Crippen molar-refractivity contribution in [1.82, 2.24) is 4.90 Å². The van der Waals surface area contributed by atoms with Crippen LogP contribution in [0.3, 0.4) is 0 Å². The van der Waals surface area contributed by atoms with E-state index in [-0.39, 0.29) is 5.91 Å². The highest BCUT2D eigenvalue weighted by Gasteiger charge is 2.36. The minimum atomic E-state index is -0.162. The Hall–Kier alpha value is -1.69. The summed E-state index contributed by atoms with van der Waals surface area (Å²) in [4.78, 5) is 16.1. The van der Waals surface area contributed by atoms with Crippen LogP contribution in [0.4, 0.5) is 5.69 Å². The van der Waals surface area contributed by atoms with Crippen molar-refractivity contribution < 1.29 is 4.79 Å². The molecule has 0 aromatic heterocycles. The molecule has 0 atom stereocenters. The van der Waals surface area contributed by atoms with Gasteiger partial charge in [-0.25, -0.2) is 0 Å². The lowest BCUT2D eigenvalue weighted by Gasteiger charge is -2.17. The molecule has 2 aromatic rings. The molecule has 2 aromatic carbocycles. The van der Waals surface area contributed by atoms with Crippen LogP contribution in [0.5, 0.6) is 0 Å². The predicted octanol–water partition coefficient (Wildman–Crippen LogP) is 5.02. The van der Waals surface area contributed by atoms with E-state index >= 15 is 0 Å². The molecule has 24 heavy (non-hydrogen) atoms. The second-order valence-corrected chi connectivity index (χ2v) is 7.18. The monoisotopic (exact) mass is 420 g/mol. The number of nitrogens with zero attached hydrogens (tertiary/aromatic N) is 2. The van der Waals surface area contributed by atoms with Gasteiger partial charge in [0, 0.05) is 16.5 Å². The van der Waals surface area contributed by atoms with Gasteiger partial charge in [-0.3, -0.25) is 9.69 Å². The number of halogens is 2. The van der Waals surface area contributed by atoms with Gasteiger partial charge in [-0.05, 0) is 60.6 Å². The number of rotatable bonds is 2. The van der Waals surface area contributed by atoms with Gasteiger partial charge in [-0.15, -0.1) is 0 Å². The summed E-state index contributed by atoms with van der Waals surface area (Å²) in [5.41, 5.74) is 3.09. The fourth-order valence-electron chi connectivity index (χ4n) is 2.42. The lowest BCUT2D eigenvalue weighted by atomic mass is 10.2. The Balaban J connectivity index is 2.00. The van der Waals surface area contributed by atoms with E-state index in [1.807, 2.05) is 49.4 Å². The van der Waals surface area contributed by atoms with Gasteiger partial charge in [0.15, 0.2) is 5.11 Å². The van der Waals surface area contributed by atoms with Crippen molar-refractivity contribution in [1.29, 1.82) is 0 Å². The van der Waals surface area contributed by atoms with Crippen molar-refractivity contribution in [3.05, 3.63) is 68.8 Å². The van der Waals surface area contributed by atoms with Crippen LogP contribution in [0.2, 0.25) is 5.02 Å². The lowest BCUT2D eigenvalue weighted by Crippen LogP contribution is -2.31. The largest absolute Gasteiger partial charge is 0.317 e. The summed E-state index contributed by atoms with van der Waals surface area (Å²) in [5.74, 6) is -0.162. The van der Waals surface area contributed by atoms with E-state index in [2.05, 4.69) is 15.9 Å². The molecule has 0 N–H and O–H groups in total. The van der Waals surface area contributed by atoms with Crippen molar-refractivity contribution >= 4 is 62.5 Å². The second-order valence-electron chi connectivity index (χ2n) is 5.50. The van der Waals surface area contributed by atoms with Gasteiger partial charge < -0.3 is 4.90 Å². The van der Waals surface area contributed by atoms with Crippen LogP contribution in [0.25, 0.3) is 6.08 Å². The number of amides is 1. The van der Waals surface area contributed by atoms with E-state index < -0.39 is 0 Å². The zero-order chi connectivity index (χ0) is 17.4. The van der Waals surface area contributed by atoms with E-state index in [1.165, 1.54) is 4.90 Å². The number of carbonyl (C=O) groups is 1. The van der Waals surface area contributed by atoms with E-state index in [9.17, 15) is 4.79 Å². The third-order valence-corrected chi connectivity index (χ3v) is 5.24. The number of likely N-dealkylation sites (N-methyl/N-ethyl adjacent to an activating group) is 1. The Kier molecular flexibility index (Phi) is 4.76. The Labute approximate surface area is 159 Å². The maximum absolute atomic E-state index is 12.9. The van der Waals surface area contributed by atoms with Crippen LogP contribution in [0.1, 0.15) is 11.1 Å². The summed E-state index contributed by atoms with van der Waals surface area (Å²) in [6.07, 6.45) is 1.83. The Morgan fingerprint density at radius 3 is 2.46 bits per heavy atom. The van der Waals surface area contributed by atoms with Gasteiger partial charge in [-0.1, -0.05) is 45.7 Å². The Morgan fingerprint density at radius 1 is 1.17 bits per heavy atom. The SMILES string of the molecule is Cc1ccc(N2C(=O)C(=Cc3ccc(Br)cc3)N(C)C2=S)cc1Cl. The molecule has 3 nitrogen and oxygen atoms in total. The van der Waals surface area contributed by atoms with Crippen molar-refractivity contribution in [2.75, 3.05) is 11.9 Å². The summed E-state index contributed by atoms with van der Waals surface area (Å²) in [6, 6.07) is 13.2. The molecule has 0 saturated carbocycles. The number of hydrogen-bond donors (Lipinski definition) is 0. The van der Waals surface area contributed by atoms with Gasteiger partial charge in [0.05, 0.1) is 5.69 Å². The average Bonchev–Trinajstić information content (AvgIpc) is 2.76. The zero-order valence-electron chi connectivity index (χ0n) is 13.1. The van der Waals surface area contributed by atoms with Crippen LogP contribution in [0.15, 0.2) is 52.6 Å². The molecule has 0 unspecified atom stereocenters. The molecule has 1 aliphatic rings. The maximum Gasteiger partial charge on any atom is 0.281 e. The quantitative estimate of drug-likeness (QED) is 0.503. The molecule has 1 heterocycles. The second kappa shape index (κ2) is 6.67. The van der Waals surface area contributed by atoms with Gasteiger partial charge in [0.1, 0.15) is 5.70 Å². The molecule has 1 aliphatic heterocycles. The third-order valence-electron chi connectivity index (χ3n) is 3.85. The number of hydrogen-bond acceptors (Lipinski definition) is 2. The van der Waals surface area contributed by atoms with E-state index in [0.717, 1.165) is 15.6 Å². The number of anilines is 1. The highest BCUT2D eigenvalue weighted by molar-refractivity contribution is 9.10. The average molecular weight is 422 g/mol. The van der Waals surface area contributed by atoms with Crippen molar-refractivity contribution in [2.24, 2.45) is 0 Å². The first-order valence-corrected chi connectivity index (χ1v) is 8.82. The van der Waals surface area contributed by atoms with Crippen molar-refractivity contribution in [3.63, 3.8) is 0 Å². The Morgan fingerprint density at radius 2 is 1.83 bits per heavy atom. The molecule has 1 saturated heterocycles. The minimum Gasteiger partial charge on any atom is -0.317 e. The van der Waals surface area contributed by atoms with E-state index in [1.54, 1.807) is 18.0 Å². The van der Waals surface area contributed by atoms with Crippen LogP contribution in [-0.4, -0.2) is 23.0 Å². The molecule has 0 bridgehead atoms. The molecule has 0 aliphatic carbocycles. The fraction of sp³-hybridized carbons (Fsp3) is 0.111. The first-order chi connectivity index (χ1) is 11.4. The van der Waals surface area contributed by atoms with Gasteiger partial charge in [0.2, 0.25) is 0 Å². The van der Waals surface area contributed by atoms with Crippen LogP contribution in [-0.2, 0) is 4.79 Å². The van der Waals surface area contributed by atoms with Gasteiger partial charge >= 0.3 is 0 Å². The first kappa shape index (κ1) is 17.1. The number of thiocarbonyl (C=S) groups is 1. The third kappa shape index (κ3) is 3.11. The number of benzene rings is 2. The standard InChI is InChI=1S/C18H14BrClN2OS/c1-11-3-8-14(10-15(11)20)22-17(23)16(21(2)18(22)24)9-12-4-6-13(19)7-5-12/h3-10H,1-2H3. The van der Waals surface area contributed by atoms with Gasteiger partial charge in [0.25, 0.3) is 5.91 Å². The van der Waals surface area contributed by atoms with Gasteiger partial charge in [-0.2, -0.15) is 0 Å². The fourth-order valence-corrected chi connectivity index (χ4v) is 3.15. The first-order valence-electron chi connectivity index (χ1n) is 7.24. The van der Waals surface area contributed by atoms with E-state index in [0.29, 0.717) is 21.5 Å². The number of carbonyl (C=O) groups excluding carboxylic acids is 1. The minimum absolute atomic E-state index is 0.162. The molecular weight excluding hydrogens is 408 g/mol. The van der Waals surface area contributed by atoms with Crippen LogP contribution in [0, 0.1) is 6.92 Å². The molecule has 6 heteroatoms. The van der Waals surface area contributed by atoms with Crippen LogP contribution < -0.4 is 4.90 Å². The van der Waals surface area contributed by atoms with Crippen LogP contribution >= 0.6 is 39.7 Å². The normalized spacial score (nSPS) is 16.4. The zero-order valence-corrected chi connectivity index (χ0v) is 16.2. The molecule has 0 spiro atoms. The smallest absolute Gasteiger partial charge is 0.281 e. The summed E-state index contributed by atoms with van der Waals surface area (Å²) in [6.45, 7) is 1.92. The molecule has 3 rings (SSSR count). The Bertz CT molecular complexity index is 864. The molecule has 0 radical (unpaired) electrons. The molecule has 1 fully saturated rings. The predicted molar refractivity (Wildman–Crippen MR) is 106 cm³/mol. The summed E-state index contributed by atoms with van der Waals surface area (Å²) in [7, 11) is 1.79. The van der Waals surface area contributed by atoms with Crippen molar-refractivity contribution in [2.45, 2.75) is 6.92 Å². The lowest BCUT2D eigenvalue weighted by molar-refractivity contribution is -0.114. The highest BCUT2D eigenvalue weighted by Crippen LogP contribution is 2.30. The molecule has 1 amide bonds. The summed E-state index contributed by atoms with van der Waals surface area (Å²) in [5, 5.41) is 1.04. The number of aryl methyl sites for hydroxylation is 1. The molecular formula is C18H14BrClN2OS. The maximum atomic E-state index is 12.9. The summed E-state index contributed by atoms with van der Waals surface area (Å²) >= 11 is 15.0. The summed E-state index contributed by atoms with van der Waals surface area (Å²) < 4.78 is 0.988. The highest BCUT2D eigenvalue weighted by atomic mass is 79.9. The topological polar surface area (TPSA) is 23.6 Å². The molecule has 122 valence electrons. The van der Waals surface area contributed by atoms with Crippen molar-refractivity contribution in [3.8, 4) is 0 Å². The van der Waals surface area contributed by atoms with E-state index in [4.69, 9.17) is 23.8 Å².